The van der Waals surface area contributed by atoms with E-state index in [1.165, 1.54) is 0 Å². The molecular weight excluding hydrogens is 463 g/mol. The maximum Gasteiger partial charge on any atom is 0.159 e. The van der Waals surface area contributed by atoms with Gasteiger partial charge in [0, 0.05) is 36.4 Å². The number of halogens is 2. The molecule has 33 heavy (non-hydrogen) atoms. The molecule has 0 spiro atoms. The van der Waals surface area contributed by atoms with E-state index in [0.717, 1.165) is 47.2 Å². The lowest BCUT2D eigenvalue weighted by molar-refractivity contribution is -0.166. The fourth-order valence-electron chi connectivity index (χ4n) is 4.67. The highest BCUT2D eigenvalue weighted by molar-refractivity contribution is 6.35. The molecule has 1 aliphatic heterocycles. The molecule has 3 N–H and O–H groups in total. The van der Waals surface area contributed by atoms with E-state index in [-0.39, 0.29) is 6.10 Å². The van der Waals surface area contributed by atoms with Crippen LogP contribution in [0, 0.1) is 0 Å². The number of aromatic amines is 2. The normalized spacial score (nSPS) is 18.3. The molecule has 0 bridgehead atoms. The van der Waals surface area contributed by atoms with Gasteiger partial charge in [-0.3, -0.25) is 15.0 Å². The van der Waals surface area contributed by atoms with E-state index in [4.69, 9.17) is 32.9 Å². The van der Waals surface area contributed by atoms with E-state index in [0.29, 0.717) is 40.3 Å². The minimum atomic E-state index is -0.676. The lowest BCUT2D eigenvalue weighted by Gasteiger charge is -2.43. The molecule has 1 saturated carbocycles. The average Bonchev–Trinajstić information content (AvgIpc) is 3.44. The van der Waals surface area contributed by atoms with E-state index in [9.17, 15) is 5.11 Å². The third-order valence-electron chi connectivity index (χ3n) is 6.67. The van der Waals surface area contributed by atoms with Crippen LogP contribution in [-0.2, 0) is 13.1 Å². The molecule has 8 nitrogen and oxygen atoms in total. The molecule has 10 heteroatoms. The van der Waals surface area contributed by atoms with Gasteiger partial charge >= 0.3 is 0 Å². The number of benzene rings is 1. The fourth-order valence-corrected chi connectivity index (χ4v) is 5.34. The molecule has 0 saturated heterocycles. The van der Waals surface area contributed by atoms with Crippen molar-refractivity contribution in [3.05, 3.63) is 57.6 Å². The third-order valence-corrected chi connectivity index (χ3v) is 7.27. The Hall–Kier alpha value is -2.65. The van der Waals surface area contributed by atoms with Crippen molar-refractivity contribution in [2.45, 2.75) is 51.1 Å². The SMILES string of the molecule is CC(Oc1ccc2[nH]nc(-c3nc4c([nH]3)CN(C3(O)CCC3)C4)c2c1)c1c(Cl)cncc1Cl. The predicted octanol–water partition coefficient (Wildman–Crippen LogP) is 4.98. The minimum Gasteiger partial charge on any atom is -0.486 e. The first kappa shape index (κ1) is 20.9. The zero-order valence-electron chi connectivity index (χ0n) is 17.9. The molecule has 0 radical (unpaired) electrons. The summed E-state index contributed by atoms with van der Waals surface area (Å²) in [6.45, 7) is 3.21. The summed E-state index contributed by atoms with van der Waals surface area (Å²) < 4.78 is 6.16. The Labute approximate surface area is 199 Å². The van der Waals surface area contributed by atoms with Gasteiger partial charge in [-0.2, -0.15) is 5.10 Å². The molecule has 4 heterocycles. The summed E-state index contributed by atoms with van der Waals surface area (Å²) in [7, 11) is 0. The van der Waals surface area contributed by atoms with Gasteiger partial charge in [-0.1, -0.05) is 23.2 Å². The van der Waals surface area contributed by atoms with Gasteiger partial charge in [-0.15, -0.1) is 0 Å². The second kappa shape index (κ2) is 7.70. The van der Waals surface area contributed by atoms with Crippen LogP contribution >= 0.6 is 23.2 Å². The summed E-state index contributed by atoms with van der Waals surface area (Å²) in [5.74, 6) is 1.37. The van der Waals surface area contributed by atoms with Crippen LogP contribution < -0.4 is 4.74 Å². The van der Waals surface area contributed by atoms with Crippen molar-refractivity contribution in [3.8, 4) is 17.3 Å². The number of hydrogen-bond donors (Lipinski definition) is 3. The van der Waals surface area contributed by atoms with E-state index < -0.39 is 5.72 Å². The minimum absolute atomic E-state index is 0.364. The van der Waals surface area contributed by atoms with Gasteiger partial charge in [0.05, 0.1) is 26.9 Å². The van der Waals surface area contributed by atoms with Gasteiger partial charge in [0.1, 0.15) is 23.3 Å². The molecule has 1 atom stereocenters. The molecule has 3 aromatic heterocycles. The topological polar surface area (TPSA) is 103 Å². The van der Waals surface area contributed by atoms with E-state index >= 15 is 0 Å². The van der Waals surface area contributed by atoms with Crippen molar-refractivity contribution in [1.82, 2.24) is 30.0 Å². The van der Waals surface area contributed by atoms with Crippen molar-refractivity contribution in [2.24, 2.45) is 0 Å². The molecular formula is C23H22Cl2N6O2. The fraction of sp³-hybridized carbons (Fsp3) is 0.348. The van der Waals surface area contributed by atoms with Crippen LogP contribution in [0.1, 0.15) is 49.2 Å². The molecule has 1 aliphatic carbocycles. The van der Waals surface area contributed by atoms with E-state index in [1.807, 2.05) is 25.1 Å². The van der Waals surface area contributed by atoms with E-state index in [2.05, 4.69) is 25.1 Å². The first-order valence-corrected chi connectivity index (χ1v) is 11.7. The number of hydrogen-bond acceptors (Lipinski definition) is 6. The number of fused-ring (bicyclic) bond motifs is 2. The highest BCUT2D eigenvalue weighted by Gasteiger charge is 2.43. The molecule has 1 fully saturated rings. The van der Waals surface area contributed by atoms with Crippen LogP contribution in [0.2, 0.25) is 10.0 Å². The van der Waals surface area contributed by atoms with Crippen molar-refractivity contribution in [1.29, 1.82) is 0 Å². The van der Waals surface area contributed by atoms with Gasteiger partial charge in [0.2, 0.25) is 0 Å². The first-order chi connectivity index (χ1) is 15.9. The Morgan fingerprint density at radius 1 is 1.18 bits per heavy atom. The molecule has 1 unspecified atom stereocenters. The van der Waals surface area contributed by atoms with Crippen LogP contribution in [0.5, 0.6) is 5.75 Å². The van der Waals surface area contributed by atoms with Crippen molar-refractivity contribution in [3.63, 3.8) is 0 Å². The average molecular weight is 485 g/mol. The Balaban J connectivity index is 1.27. The smallest absolute Gasteiger partial charge is 0.159 e. The number of nitrogens with zero attached hydrogens (tertiary/aromatic N) is 4. The molecule has 6 rings (SSSR count). The van der Waals surface area contributed by atoms with Gasteiger partial charge < -0.3 is 14.8 Å². The Kier molecular flexibility index (Phi) is 4.88. The summed E-state index contributed by atoms with van der Waals surface area (Å²) in [6, 6.07) is 5.74. The number of aliphatic hydroxyl groups is 1. The van der Waals surface area contributed by atoms with Crippen molar-refractivity contribution >= 4 is 34.1 Å². The zero-order chi connectivity index (χ0) is 22.7. The highest BCUT2D eigenvalue weighted by atomic mass is 35.5. The lowest BCUT2D eigenvalue weighted by atomic mass is 9.87. The maximum atomic E-state index is 10.6. The van der Waals surface area contributed by atoms with Crippen LogP contribution in [0.25, 0.3) is 22.4 Å². The highest BCUT2D eigenvalue weighted by Crippen LogP contribution is 2.40. The van der Waals surface area contributed by atoms with Gasteiger partial charge in [0.25, 0.3) is 0 Å². The lowest BCUT2D eigenvalue weighted by Crippen LogP contribution is -2.51. The zero-order valence-corrected chi connectivity index (χ0v) is 19.4. The molecule has 170 valence electrons. The molecule has 2 aliphatic rings. The van der Waals surface area contributed by atoms with Crippen LogP contribution in [0.15, 0.2) is 30.6 Å². The second-order valence-electron chi connectivity index (χ2n) is 8.76. The second-order valence-corrected chi connectivity index (χ2v) is 9.57. The number of aromatic nitrogens is 5. The Morgan fingerprint density at radius 2 is 1.97 bits per heavy atom. The van der Waals surface area contributed by atoms with Gasteiger partial charge in [-0.25, -0.2) is 4.98 Å². The van der Waals surface area contributed by atoms with E-state index in [1.54, 1.807) is 12.4 Å². The standard InChI is InChI=1S/C23H22Cl2N6O2/c1-12(20-15(24)8-26-9-16(20)25)33-13-3-4-17-14(7-13)21(30-29-17)22-27-18-10-31(11-19(18)28-22)23(32)5-2-6-23/h3-4,7-9,12,32H,2,5-6,10-11H2,1H3,(H,27,28)(H,29,30). The largest absolute Gasteiger partial charge is 0.486 e. The molecule has 4 aromatic rings. The summed E-state index contributed by atoms with van der Waals surface area (Å²) >= 11 is 12.6. The van der Waals surface area contributed by atoms with Crippen molar-refractivity contribution < 1.29 is 9.84 Å². The summed E-state index contributed by atoms with van der Waals surface area (Å²) in [5, 5.41) is 20.0. The monoisotopic (exact) mass is 484 g/mol. The number of pyridine rings is 1. The van der Waals surface area contributed by atoms with Crippen molar-refractivity contribution in [2.75, 3.05) is 0 Å². The first-order valence-electron chi connectivity index (χ1n) is 10.9. The number of nitrogens with one attached hydrogen (secondary N) is 2. The van der Waals surface area contributed by atoms with Gasteiger partial charge in [-0.05, 0) is 44.4 Å². The summed E-state index contributed by atoms with van der Waals surface area (Å²) in [5.41, 5.74) is 3.62. The number of imidazole rings is 1. The molecule has 1 aromatic carbocycles. The van der Waals surface area contributed by atoms with Crippen LogP contribution in [0.4, 0.5) is 0 Å². The Bertz CT molecular complexity index is 1320. The molecule has 0 amide bonds. The predicted molar refractivity (Wildman–Crippen MR) is 125 cm³/mol. The van der Waals surface area contributed by atoms with Crippen LogP contribution in [-0.4, -0.2) is 40.9 Å². The van der Waals surface area contributed by atoms with Crippen LogP contribution in [0.3, 0.4) is 0 Å². The quantitative estimate of drug-likeness (QED) is 0.368. The number of H-pyrrole nitrogens is 2. The maximum absolute atomic E-state index is 10.6. The summed E-state index contributed by atoms with van der Waals surface area (Å²) in [6.07, 6.45) is 5.47. The van der Waals surface area contributed by atoms with Gasteiger partial charge in [0.15, 0.2) is 5.82 Å². The number of ether oxygens (including phenoxy) is 1. The third kappa shape index (κ3) is 3.49. The summed E-state index contributed by atoms with van der Waals surface area (Å²) in [4.78, 5) is 14.3. The Morgan fingerprint density at radius 3 is 2.67 bits per heavy atom. The number of rotatable bonds is 5.